The Labute approximate surface area is 156 Å². The molecule has 0 atom stereocenters. The summed E-state index contributed by atoms with van der Waals surface area (Å²) in [4.78, 5) is 27.8. The molecular formula is C12H11ClN4O9S. The summed E-state index contributed by atoms with van der Waals surface area (Å²) >= 11 is 5.58. The Hall–Kier alpha value is -3.36. The van der Waals surface area contributed by atoms with Crippen molar-refractivity contribution >= 4 is 39.1 Å². The Kier molecular flexibility index (Phi) is 9.89. The smallest absolute Gasteiger partial charge is 0.398 e. The molecule has 0 unspecified atom stereocenters. The quantitative estimate of drug-likeness (QED) is 0.242. The first-order valence-corrected chi connectivity index (χ1v) is 8.09. The van der Waals surface area contributed by atoms with Gasteiger partial charge in [0, 0.05) is 12.1 Å². The molecule has 0 aromatic heterocycles. The van der Waals surface area contributed by atoms with Gasteiger partial charge in [-0.25, -0.2) is 4.28 Å². The highest BCUT2D eigenvalue weighted by Gasteiger charge is 2.11. The van der Waals surface area contributed by atoms with Crippen molar-refractivity contribution in [2.24, 2.45) is 5.34 Å². The second kappa shape index (κ2) is 11.3. The number of rotatable bonds is 4. The van der Waals surface area contributed by atoms with Crippen molar-refractivity contribution in [2.45, 2.75) is 0 Å². The summed E-state index contributed by atoms with van der Waals surface area (Å²) in [5.41, 5.74) is 5.47. The van der Waals surface area contributed by atoms with Crippen molar-refractivity contribution in [3.63, 3.8) is 0 Å². The van der Waals surface area contributed by atoms with E-state index in [1.807, 2.05) is 12.1 Å². The fourth-order valence-corrected chi connectivity index (χ4v) is 1.45. The number of nitrogens with zero attached hydrogens (tertiary/aromatic N) is 3. The molecule has 0 aliphatic rings. The van der Waals surface area contributed by atoms with Gasteiger partial charge in [-0.05, 0) is 18.2 Å². The van der Waals surface area contributed by atoms with E-state index in [9.17, 15) is 28.6 Å². The van der Waals surface area contributed by atoms with Gasteiger partial charge in [0.15, 0.2) is 5.34 Å². The third-order valence-electron chi connectivity index (χ3n) is 2.28. The highest BCUT2D eigenvalue weighted by Crippen LogP contribution is 2.18. The first-order chi connectivity index (χ1) is 12.5. The van der Waals surface area contributed by atoms with E-state index in [2.05, 4.69) is 4.28 Å². The highest BCUT2D eigenvalue weighted by molar-refractivity contribution is 7.80. The van der Waals surface area contributed by atoms with E-state index in [-0.39, 0.29) is 11.4 Å². The maximum atomic E-state index is 10.2. The lowest BCUT2D eigenvalue weighted by Crippen LogP contribution is -1.95. The van der Waals surface area contributed by atoms with Gasteiger partial charge in [0.25, 0.3) is 11.4 Å². The topological polar surface area (TPSA) is 205 Å². The SMILES string of the molecule is Nc1ccccc1Cl.O=NOS(=O)(=O)O.O=[N+]([O-])c1cccc([N+](=O)[O-])c1. The van der Waals surface area contributed by atoms with E-state index >= 15 is 0 Å². The molecule has 0 amide bonds. The lowest BCUT2D eigenvalue weighted by molar-refractivity contribution is -0.394. The van der Waals surface area contributed by atoms with Gasteiger partial charge >= 0.3 is 10.4 Å². The zero-order valence-electron chi connectivity index (χ0n) is 13.0. The van der Waals surface area contributed by atoms with E-state index in [0.29, 0.717) is 10.7 Å². The monoisotopic (exact) mass is 422 g/mol. The Morgan fingerprint density at radius 2 is 1.52 bits per heavy atom. The van der Waals surface area contributed by atoms with Crippen molar-refractivity contribution in [3.05, 3.63) is 78.7 Å². The van der Waals surface area contributed by atoms with Gasteiger partial charge in [0.05, 0.1) is 26.6 Å². The minimum atomic E-state index is -4.65. The van der Waals surface area contributed by atoms with E-state index < -0.39 is 20.2 Å². The summed E-state index contributed by atoms with van der Waals surface area (Å²) < 4.78 is 28.8. The molecule has 2 rings (SSSR count). The number of nitro benzene ring substituents is 2. The normalized spacial score (nSPS) is 9.56. The molecule has 146 valence electrons. The van der Waals surface area contributed by atoms with Crippen molar-refractivity contribution in [3.8, 4) is 0 Å². The van der Waals surface area contributed by atoms with Gasteiger partial charge in [-0.15, -0.1) is 4.91 Å². The predicted molar refractivity (Wildman–Crippen MR) is 94.0 cm³/mol. The number of anilines is 1. The van der Waals surface area contributed by atoms with Crippen LogP contribution in [-0.2, 0) is 14.7 Å². The molecule has 0 radical (unpaired) electrons. The molecule has 2 aromatic rings. The zero-order chi connectivity index (χ0) is 21.0. The number of halogens is 1. The van der Waals surface area contributed by atoms with Crippen LogP contribution in [0.25, 0.3) is 0 Å². The van der Waals surface area contributed by atoms with E-state index in [1.54, 1.807) is 12.1 Å². The van der Waals surface area contributed by atoms with Crippen LogP contribution < -0.4 is 5.73 Å². The molecule has 2 aromatic carbocycles. The van der Waals surface area contributed by atoms with Crippen LogP contribution in [0.3, 0.4) is 0 Å². The van der Waals surface area contributed by atoms with E-state index in [0.717, 1.165) is 6.07 Å². The molecule has 0 saturated carbocycles. The molecule has 3 N–H and O–H groups in total. The van der Waals surface area contributed by atoms with Gasteiger partial charge in [-0.3, -0.25) is 24.8 Å². The van der Waals surface area contributed by atoms with Crippen LogP contribution in [-0.4, -0.2) is 22.8 Å². The van der Waals surface area contributed by atoms with Crippen LogP contribution in [0.2, 0.25) is 5.02 Å². The minimum Gasteiger partial charge on any atom is -0.398 e. The fraction of sp³-hybridized carbons (Fsp3) is 0. The molecule has 0 fully saturated rings. The van der Waals surface area contributed by atoms with Crippen molar-refractivity contribution in [1.29, 1.82) is 0 Å². The fourth-order valence-electron chi connectivity index (χ4n) is 1.23. The second-order valence-corrected chi connectivity index (χ2v) is 5.54. The molecule has 13 nitrogen and oxygen atoms in total. The van der Waals surface area contributed by atoms with E-state index in [1.165, 1.54) is 23.5 Å². The first kappa shape index (κ1) is 23.6. The van der Waals surface area contributed by atoms with Crippen LogP contribution in [0.4, 0.5) is 17.1 Å². The Morgan fingerprint density at radius 1 is 1.04 bits per heavy atom. The number of nitro groups is 2. The van der Waals surface area contributed by atoms with Crippen LogP contribution in [0.5, 0.6) is 0 Å². The summed E-state index contributed by atoms with van der Waals surface area (Å²) in [6, 6.07) is 11.8. The number of nitrogen functional groups attached to an aromatic ring is 1. The highest BCUT2D eigenvalue weighted by atomic mass is 35.5. The summed E-state index contributed by atoms with van der Waals surface area (Å²) in [5, 5.41) is 22.4. The number of hydrogen-bond donors (Lipinski definition) is 2. The summed E-state index contributed by atoms with van der Waals surface area (Å²) in [6.45, 7) is 0. The maximum absolute atomic E-state index is 10.2. The average molecular weight is 423 g/mol. The summed E-state index contributed by atoms with van der Waals surface area (Å²) in [5.74, 6) is 0. The van der Waals surface area contributed by atoms with Crippen LogP contribution in [0, 0.1) is 25.1 Å². The number of para-hydroxylation sites is 1. The number of nitrogens with two attached hydrogens (primary N) is 1. The third kappa shape index (κ3) is 11.0. The van der Waals surface area contributed by atoms with Gasteiger partial charge in [-0.1, -0.05) is 23.7 Å². The van der Waals surface area contributed by atoms with Crippen molar-refractivity contribution < 1.29 is 27.1 Å². The average Bonchev–Trinajstić information content (AvgIpc) is 2.58. The summed E-state index contributed by atoms with van der Waals surface area (Å²) in [6.07, 6.45) is 0. The molecule has 15 heteroatoms. The van der Waals surface area contributed by atoms with Crippen LogP contribution in [0.1, 0.15) is 0 Å². The number of benzene rings is 2. The Morgan fingerprint density at radius 3 is 1.78 bits per heavy atom. The van der Waals surface area contributed by atoms with Gasteiger partial charge in [0.2, 0.25) is 0 Å². The number of non-ortho nitro benzene ring substituents is 2. The molecule has 27 heavy (non-hydrogen) atoms. The molecule has 0 aliphatic carbocycles. The molecule has 0 aliphatic heterocycles. The van der Waals surface area contributed by atoms with Crippen LogP contribution in [0.15, 0.2) is 53.9 Å². The molecule has 0 saturated heterocycles. The first-order valence-electron chi connectivity index (χ1n) is 6.35. The largest absolute Gasteiger partial charge is 0.468 e. The van der Waals surface area contributed by atoms with Crippen molar-refractivity contribution in [1.82, 2.24) is 0 Å². The molecule has 0 spiro atoms. The lowest BCUT2D eigenvalue weighted by atomic mass is 10.3. The third-order valence-corrected chi connectivity index (χ3v) is 2.87. The van der Waals surface area contributed by atoms with Gasteiger partial charge < -0.3 is 5.73 Å². The standard InChI is InChI=1S/C6H6ClN.C6H4N2O4.HNO5S/c7-5-3-1-2-4-6(5)8;9-7(10)5-2-1-3-6(4-5)8(11)12;2-1-6-7(3,4)5/h1-4H,8H2;1-4H;(H,3,4,5). The predicted octanol–water partition coefficient (Wildman–Crippen LogP) is 2.91. The number of hydrogen-bond acceptors (Lipinski definition) is 10. The molecule has 0 bridgehead atoms. The van der Waals surface area contributed by atoms with Gasteiger partial charge in [0.1, 0.15) is 0 Å². The lowest BCUT2D eigenvalue weighted by Gasteiger charge is -1.91. The maximum Gasteiger partial charge on any atom is 0.468 e. The van der Waals surface area contributed by atoms with E-state index in [4.69, 9.17) is 26.8 Å². The molecule has 0 heterocycles. The van der Waals surface area contributed by atoms with Crippen LogP contribution >= 0.6 is 11.6 Å². The Bertz CT molecular complexity index is 857. The minimum absolute atomic E-state index is 0.274. The summed E-state index contributed by atoms with van der Waals surface area (Å²) in [7, 11) is -4.65. The van der Waals surface area contributed by atoms with Gasteiger partial charge in [-0.2, -0.15) is 8.42 Å². The van der Waals surface area contributed by atoms with Crippen molar-refractivity contribution in [2.75, 3.05) is 5.73 Å². The molecular weight excluding hydrogens is 412 g/mol. The zero-order valence-corrected chi connectivity index (χ0v) is 14.6. The second-order valence-electron chi connectivity index (χ2n) is 4.13. The Balaban J connectivity index is 0.000000395.